The van der Waals surface area contributed by atoms with Gasteiger partial charge in [0.15, 0.2) is 0 Å². The highest BCUT2D eigenvalue weighted by atomic mass is 32.2. The summed E-state index contributed by atoms with van der Waals surface area (Å²) in [6, 6.07) is 14.3. The van der Waals surface area contributed by atoms with Crippen molar-refractivity contribution >= 4 is 45.0 Å². The van der Waals surface area contributed by atoms with Gasteiger partial charge in [-0.1, -0.05) is 32.0 Å². The average Bonchev–Trinajstić information content (AvgIpc) is 2.95. The maximum Gasteiger partial charge on any atom is 0.247 e. The van der Waals surface area contributed by atoms with E-state index in [4.69, 9.17) is 0 Å². The number of fused-ring (bicyclic) bond motifs is 1. The highest BCUT2D eigenvalue weighted by Gasteiger charge is 2.33. The summed E-state index contributed by atoms with van der Waals surface area (Å²) in [7, 11) is -3.69. The van der Waals surface area contributed by atoms with Crippen LogP contribution >= 0.6 is 11.8 Å². The number of hydrogen-bond acceptors (Lipinski definition) is 5. The van der Waals surface area contributed by atoms with E-state index in [1.165, 1.54) is 21.0 Å². The van der Waals surface area contributed by atoms with Gasteiger partial charge < -0.3 is 9.80 Å². The smallest absolute Gasteiger partial charge is 0.247 e. The van der Waals surface area contributed by atoms with Crippen molar-refractivity contribution in [1.82, 2.24) is 4.31 Å². The maximum atomic E-state index is 13.4. The first-order chi connectivity index (χ1) is 16.7. The minimum Gasteiger partial charge on any atom is -0.311 e. The van der Waals surface area contributed by atoms with Crippen LogP contribution in [0.1, 0.15) is 40.0 Å². The largest absolute Gasteiger partial charge is 0.311 e. The molecule has 7 nitrogen and oxygen atoms in total. The SMILES string of the molecule is CCN(C(=O)CN1C(=O)CC(C)Sc2ccc(S(=O)(=O)N3CCC(C)CC3)cc21)c1ccccc1. The van der Waals surface area contributed by atoms with Crippen molar-refractivity contribution in [2.45, 2.75) is 55.1 Å². The van der Waals surface area contributed by atoms with Crippen molar-refractivity contribution < 1.29 is 18.0 Å². The lowest BCUT2D eigenvalue weighted by molar-refractivity contribution is -0.122. The van der Waals surface area contributed by atoms with Crippen LogP contribution in [0.4, 0.5) is 11.4 Å². The Morgan fingerprint density at radius 3 is 2.43 bits per heavy atom. The van der Waals surface area contributed by atoms with Crippen molar-refractivity contribution in [3.63, 3.8) is 0 Å². The third kappa shape index (κ3) is 5.57. The van der Waals surface area contributed by atoms with Gasteiger partial charge in [0.1, 0.15) is 6.54 Å². The second-order valence-electron chi connectivity index (χ2n) is 9.30. The molecule has 1 saturated heterocycles. The summed E-state index contributed by atoms with van der Waals surface area (Å²) in [6.45, 7) is 7.31. The van der Waals surface area contributed by atoms with E-state index in [2.05, 4.69) is 6.92 Å². The Hall–Kier alpha value is -2.36. The van der Waals surface area contributed by atoms with Gasteiger partial charge in [-0.25, -0.2) is 8.42 Å². The molecule has 9 heteroatoms. The molecule has 2 aromatic rings. The summed E-state index contributed by atoms with van der Waals surface area (Å²) in [4.78, 5) is 30.7. The van der Waals surface area contributed by atoms with E-state index >= 15 is 0 Å². The van der Waals surface area contributed by atoms with Gasteiger partial charge in [0.25, 0.3) is 0 Å². The van der Waals surface area contributed by atoms with E-state index in [-0.39, 0.29) is 34.9 Å². The first-order valence-corrected chi connectivity index (χ1v) is 14.5. The summed E-state index contributed by atoms with van der Waals surface area (Å²) in [5.74, 6) is 0.120. The molecule has 1 unspecified atom stereocenters. The lowest BCUT2D eigenvalue weighted by Crippen LogP contribution is -2.43. The van der Waals surface area contributed by atoms with Gasteiger partial charge in [-0.15, -0.1) is 11.8 Å². The Morgan fingerprint density at radius 1 is 1.09 bits per heavy atom. The zero-order valence-electron chi connectivity index (χ0n) is 20.5. The van der Waals surface area contributed by atoms with Gasteiger partial charge in [-0.3, -0.25) is 9.59 Å². The topological polar surface area (TPSA) is 78.0 Å². The van der Waals surface area contributed by atoms with Crippen LogP contribution in [-0.2, 0) is 19.6 Å². The van der Waals surface area contributed by atoms with E-state index in [1.54, 1.807) is 23.1 Å². The van der Waals surface area contributed by atoms with Gasteiger partial charge in [0.2, 0.25) is 21.8 Å². The minimum absolute atomic E-state index is 0.0174. The molecular weight excluding hydrogens is 482 g/mol. The van der Waals surface area contributed by atoms with Crippen LogP contribution < -0.4 is 9.80 Å². The fourth-order valence-electron chi connectivity index (χ4n) is 4.60. The Labute approximate surface area is 212 Å². The number of anilines is 2. The Kier molecular flexibility index (Phi) is 7.88. The molecule has 2 aliphatic heterocycles. The first-order valence-electron chi connectivity index (χ1n) is 12.2. The number of thioether (sulfide) groups is 1. The number of carbonyl (C=O) groups is 2. The van der Waals surface area contributed by atoms with E-state index < -0.39 is 10.0 Å². The van der Waals surface area contributed by atoms with Gasteiger partial charge >= 0.3 is 0 Å². The van der Waals surface area contributed by atoms with Crippen molar-refractivity contribution in [2.75, 3.05) is 36.0 Å². The fraction of sp³-hybridized carbons (Fsp3) is 0.462. The van der Waals surface area contributed by atoms with Gasteiger partial charge in [0.05, 0.1) is 10.6 Å². The lowest BCUT2D eigenvalue weighted by atomic mass is 10.0. The number of para-hydroxylation sites is 1. The molecular formula is C26H33N3O4S2. The Morgan fingerprint density at radius 2 is 1.77 bits per heavy atom. The standard InChI is InChI=1S/C26H33N3O4S2/c1-4-28(21-8-6-5-7-9-21)26(31)18-29-23-17-22(10-11-24(23)34-20(3)16-25(29)30)35(32,33)27-14-12-19(2)13-15-27/h5-11,17,19-20H,4,12-16,18H2,1-3H3. The number of carbonyl (C=O) groups excluding carboxylic acids is 2. The first kappa shape index (κ1) is 25.7. The summed E-state index contributed by atoms with van der Waals surface area (Å²) in [5, 5.41) is 0.0174. The van der Waals surface area contributed by atoms with Crippen LogP contribution in [0.15, 0.2) is 58.3 Å². The van der Waals surface area contributed by atoms with Gasteiger partial charge in [-0.2, -0.15) is 4.31 Å². The summed E-state index contributed by atoms with van der Waals surface area (Å²) < 4.78 is 28.4. The number of piperidine rings is 1. The van der Waals surface area contributed by atoms with Crippen LogP contribution in [0.3, 0.4) is 0 Å². The average molecular weight is 516 g/mol. The molecule has 0 aliphatic carbocycles. The number of sulfonamides is 1. The van der Waals surface area contributed by atoms with Crippen molar-refractivity contribution in [3.05, 3.63) is 48.5 Å². The van der Waals surface area contributed by atoms with Crippen molar-refractivity contribution in [2.24, 2.45) is 5.92 Å². The van der Waals surface area contributed by atoms with Crippen LogP contribution in [0, 0.1) is 5.92 Å². The zero-order valence-corrected chi connectivity index (χ0v) is 22.1. The molecule has 2 aromatic carbocycles. The minimum atomic E-state index is -3.69. The quantitative estimate of drug-likeness (QED) is 0.571. The third-order valence-corrected chi connectivity index (χ3v) is 9.73. The molecule has 0 radical (unpaired) electrons. The van der Waals surface area contributed by atoms with Crippen LogP contribution in [0.2, 0.25) is 0 Å². The van der Waals surface area contributed by atoms with Crippen molar-refractivity contribution in [3.8, 4) is 0 Å². The molecule has 2 aliphatic rings. The fourth-order valence-corrected chi connectivity index (χ4v) is 7.18. The molecule has 0 saturated carbocycles. The molecule has 2 heterocycles. The number of amides is 2. The molecule has 1 fully saturated rings. The monoisotopic (exact) mass is 515 g/mol. The number of nitrogens with zero attached hydrogens (tertiary/aromatic N) is 3. The summed E-state index contributed by atoms with van der Waals surface area (Å²) in [5.41, 5.74) is 1.26. The van der Waals surface area contributed by atoms with Crippen molar-refractivity contribution in [1.29, 1.82) is 0 Å². The van der Waals surface area contributed by atoms with Crippen LogP contribution in [0.25, 0.3) is 0 Å². The third-order valence-electron chi connectivity index (χ3n) is 6.67. The van der Waals surface area contributed by atoms with E-state index in [1.807, 2.05) is 44.2 Å². The Bertz CT molecular complexity index is 1180. The number of benzene rings is 2. The molecule has 188 valence electrons. The maximum absolute atomic E-state index is 13.4. The van der Waals surface area contributed by atoms with E-state index in [9.17, 15) is 18.0 Å². The lowest BCUT2D eigenvalue weighted by Gasteiger charge is -2.30. The predicted octanol–water partition coefficient (Wildman–Crippen LogP) is 4.38. The highest BCUT2D eigenvalue weighted by Crippen LogP contribution is 2.40. The summed E-state index contributed by atoms with van der Waals surface area (Å²) >= 11 is 1.54. The molecule has 35 heavy (non-hydrogen) atoms. The Balaban J connectivity index is 1.68. The second kappa shape index (κ2) is 10.7. The molecule has 0 aromatic heterocycles. The summed E-state index contributed by atoms with van der Waals surface area (Å²) in [6.07, 6.45) is 1.95. The number of rotatable bonds is 6. The molecule has 0 spiro atoms. The zero-order chi connectivity index (χ0) is 25.2. The second-order valence-corrected chi connectivity index (χ2v) is 12.7. The molecule has 0 N–H and O–H groups in total. The molecule has 1 atom stereocenters. The molecule has 4 rings (SSSR count). The highest BCUT2D eigenvalue weighted by molar-refractivity contribution is 8.00. The van der Waals surface area contributed by atoms with E-state index in [0.717, 1.165) is 23.4 Å². The number of hydrogen-bond donors (Lipinski definition) is 0. The van der Waals surface area contributed by atoms with Gasteiger partial charge in [0, 0.05) is 41.9 Å². The van der Waals surface area contributed by atoms with Crippen LogP contribution in [0.5, 0.6) is 0 Å². The normalized spacial score (nSPS) is 19.8. The van der Waals surface area contributed by atoms with Gasteiger partial charge in [-0.05, 0) is 56.0 Å². The molecule has 2 amide bonds. The number of likely N-dealkylation sites (N-methyl/N-ethyl adjacent to an activating group) is 1. The molecule has 0 bridgehead atoms. The predicted molar refractivity (Wildman–Crippen MR) is 140 cm³/mol. The van der Waals surface area contributed by atoms with Crippen LogP contribution in [-0.4, -0.2) is 56.0 Å². The van der Waals surface area contributed by atoms with E-state index in [0.29, 0.717) is 31.2 Å².